The van der Waals surface area contributed by atoms with Gasteiger partial charge in [0.05, 0.1) is 32.1 Å². The highest BCUT2D eigenvalue weighted by molar-refractivity contribution is 6.06. The molecule has 0 saturated carbocycles. The van der Waals surface area contributed by atoms with Crippen molar-refractivity contribution in [3.05, 3.63) is 59.2 Å². The first-order chi connectivity index (χ1) is 12.7. The van der Waals surface area contributed by atoms with E-state index in [0.29, 0.717) is 26.4 Å². The van der Waals surface area contributed by atoms with Crippen LogP contribution in [0.4, 0.5) is 5.69 Å². The molecule has 2 heterocycles. The Bertz CT molecular complexity index is 827. The molecule has 0 N–H and O–H groups in total. The third-order valence-corrected chi connectivity index (χ3v) is 4.82. The van der Waals surface area contributed by atoms with E-state index >= 15 is 0 Å². The molecule has 5 nitrogen and oxygen atoms in total. The molecule has 0 radical (unpaired) electrons. The Kier molecular flexibility index (Phi) is 4.42. The van der Waals surface area contributed by atoms with Crippen LogP contribution < -0.4 is 9.64 Å². The van der Waals surface area contributed by atoms with Crippen molar-refractivity contribution in [2.75, 3.05) is 24.7 Å². The van der Waals surface area contributed by atoms with E-state index < -0.39 is 5.79 Å². The lowest BCUT2D eigenvalue weighted by Crippen LogP contribution is -2.47. The van der Waals surface area contributed by atoms with Crippen molar-refractivity contribution in [3.8, 4) is 5.75 Å². The predicted molar refractivity (Wildman–Crippen MR) is 98.2 cm³/mol. The van der Waals surface area contributed by atoms with Gasteiger partial charge in [-0.1, -0.05) is 29.8 Å². The maximum absolute atomic E-state index is 13.4. The van der Waals surface area contributed by atoms with Crippen molar-refractivity contribution in [1.29, 1.82) is 0 Å². The quantitative estimate of drug-likeness (QED) is 0.844. The Hall–Kier alpha value is -2.37. The van der Waals surface area contributed by atoms with E-state index in [1.807, 2.05) is 56.3 Å². The summed E-state index contributed by atoms with van der Waals surface area (Å²) in [5.41, 5.74) is 3.68. The number of amides is 1. The SMILES string of the molecule is CCOc1ccccc1CN1C(=O)C2(OCCCO2)c2cc(C)ccc21. The fourth-order valence-electron chi connectivity index (χ4n) is 3.62. The van der Waals surface area contributed by atoms with Gasteiger partial charge in [0.25, 0.3) is 11.7 Å². The molecule has 0 unspecified atom stereocenters. The van der Waals surface area contributed by atoms with Crippen LogP contribution in [0.15, 0.2) is 42.5 Å². The monoisotopic (exact) mass is 353 g/mol. The Morgan fingerprint density at radius 3 is 2.69 bits per heavy atom. The molecule has 1 saturated heterocycles. The number of rotatable bonds is 4. The van der Waals surface area contributed by atoms with Gasteiger partial charge in [-0.2, -0.15) is 0 Å². The number of hydrogen-bond donors (Lipinski definition) is 0. The molecular weight excluding hydrogens is 330 g/mol. The summed E-state index contributed by atoms with van der Waals surface area (Å²) in [6, 6.07) is 13.8. The Labute approximate surface area is 153 Å². The summed E-state index contributed by atoms with van der Waals surface area (Å²) in [6.45, 7) is 5.99. The van der Waals surface area contributed by atoms with Gasteiger partial charge in [-0.15, -0.1) is 0 Å². The number of hydrogen-bond acceptors (Lipinski definition) is 4. The summed E-state index contributed by atoms with van der Waals surface area (Å²) in [4.78, 5) is 15.1. The lowest BCUT2D eigenvalue weighted by Gasteiger charge is -2.32. The zero-order valence-electron chi connectivity index (χ0n) is 15.2. The van der Waals surface area contributed by atoms with Crippen LogP contribution in [0.1, 0.15) is 30.0 Å². The number of nitrogens with zero attached hydrogens (tertiary/aromatic N) is 1. The summed E-state index contributed by atoms with van der Waals surface area (Å²) in [6.07, 6.45) is 0.795. The smallest absolute Gasteiger partial charge is 0.292 e. The van der Waals surface area contributed by atoms with Gasteiger partial charge in [-0.3, -0.25) is 4.79 Å². The van der Waals surface area contributed by atoms with Crippen LogP contribution in [0.5, 0.6) is 5.75 Å². The van der Waals surface area contributed by atoms with Crippen LogP contribution >= 0.6 is 0 Å². The van der Waals surface area contributed by atoms with Crippen molar-refractivity contribution in [3.63, 3.8) is 0 Å². The summed E-state index contributed by atoms with van der Waals surface area (Å²) in [7, 11) is 0. The van der Waals surface area contributed by atoms with Gasteiger partial charge >= 0.3 is 0 Å². The van der Waals surface area contributed by atoms with Crippen LogP contribution in [0.2, 0.25) is 0 Å². The zero-order valence-corrected chi connectivity index (χ0v) is 15.2. The van der Waals surface area contributed by atoms with Gasteiger partial charge in [0, 0.05) is 11.1 Å². The number of carbonyl (C=O) groups excluding carboxylic acids is 1. The molecule has 2 aromatic rings. The molecule has 0 aromatic heterocycles. The first-order valence-electron chi connectivity index (χ1n) is 9.07. The van der Waals surface area contributed by atoms with Crippen molar-refractivity contribution < 1.29 is 19.0 Å². The second-order valence-corrected chi connectivity index (χ2v) is 6.62. The largest absolute Gasteiger partial charge is 0.494 e. The fourth-order valence-corrected chi connectivity index (χ4v) is 3.62. The Morgan fingerprint density at radius 2 is 1.92 bits per heavy atom. The average Bonchev–Trinajstić information content (AvgIpc) is 2.87. The number of benzene rings is 2. The minimum atomic E-state index is -1.31. The molecule has 1 spiro atoms. The second kappa shape index (κ2) is 6.74. The van der Waals surface area contributed by atoms with E-state index in [1.165, 1.54) is 0 Å². The molecule has 1 amide bonds. The average molecular weight is 353 g/mol. The van der Waals surface area contributed by atoms with Crippen molar-refractivity contribution >= 4 is 11.6 Å². The summed E-state index contributed by atoms with van der Waals surface area (Å²) < 4.78 is 17.6. The molecule has 2 aromatic carbocycles. The Morgan fingerprint density at radius 1 is 1.15 bits per heavy atom. The first-order valence-corrected chi connectivity index (χ1v) is 9.07. The topological polar surface area (TPSA) is 48.0 Å². The van der Waals surface area contributed by atoms with E-state index in [1.54, 1.807) is 4.90 Å². The van der Waals surface area contributed by atoms with Crippen LogP contribution in [0.3, 0.4) is 0 Å². The summed E-state index contributed by atoms with van der Waals surface area (Å²) >= 11 is 0. The molecule has 1 fully saturated rings. The highest BCUT2D eigenvalue weighted by Gasteiger charge is 2.54. The number of aryl methyl sites for hydroxylation is 1. The van der Waals surface area contributed by atoms with Crippen LogP contribution in [0.25, 0.3) is 0 Å². The molecule has 0 bridgehead atoms. The Balaban J connectivity index is 1.75. The second-order valence-electron chi connectivity index (χ2n) is 6.62. The van der Waals surface area contributed by atoms with E-state index in [9.17, 15) is 4.79 Å². The lowest BCUT2D eigenvalue weighted by atomic mass is 10.0. The van der Waals surface area contributed by atoms with Gasteiger partial charge in [-0.25, -0.2) is 0 Å². The molecule has 0 aliphatic carbocycles. The predicted octanol–water partition coefficient (Wildman–Crippen LogP) is 3.53. The number of fused-ring (bicyclic) bond motifs is 2. The summed E-state index contributed by atoms with van der Waals surface area (Å²) in [5.74, 6) is -0.674. The van der Waals surface area contributed by atoms with Crippen LogP contribution in [0, 0.1) is 6.92 Å². The van der Waals surface area contributed by atoms with E-state index in [4.69, 9.17) is 14.2 Å². The van der Waals surface area contributed by atoms with Gasteiger partial charge in [0.15, 0.2) is 0 Å². The molecule has 2 aliphatic rings. The number of ether oxygens (including phenoxy) is 3. The highest BCUT2D eigenvalue weighted by atomic mass is 16.7. The van der Waals surface area contributed by atoms with Crippen molar-refractivity contribution in [2.45, 2.75) is 32.6 Å². The minimum absolute atomic E-state index is 0.163. The molecule has 0 atom stereocenters. The molecular formula is C21H23NO4. The van der Waals surface area contributed by atoms with E-state index in [-0.39, 0.29) is 5.91 Å². The van der Waals surface area contributed by atoms with Gasteiger partial charge in [-0.05, 0) is 38.5 Å². The first kappa shape index (κ1) is 17.1. The number of anilines is 1. The van der Waals surface area contributed by atoms with Crippen molar-refractivity contribution in [2.24, 2.45) is 0 Å². The highest BCUT2D eigenvalue weighted by Crippen LogP contribution is 2.46. The molecule has 136 valence electrons. The van der Waals surface area contributed by atoms with Gasteiger partial charge in [0.2, 0.25) is 0 Å². The lowest BCUT2D eigenvalue weighted by molar-refractivity contribution is -0.256. The maximum Gasteiger partial charge on any atom is 0.292 e. The van der Waals surface area contributed by atoms with Crippen LogP contribution in [-0.4, -0.2) is 25.7 Å². The molecule has 5 heteroatoms. The third-order valence-electron chi connectivity index (χ3n) is 4.82. The van der Waals surface area contributed by atoms with Gasteiger partial charge in [0.1, 0.15) is 5.75 Å². The fraction of sp³-hybridized carbons (Fsp3) is 0.381. The van der Waals surface area contributed by atoms with Crippen molar-refractivity contribution in [1.82, 2.24) is 0 Å². The third kappa shape index (κ3) is 2.68. The van der Waals surface area contributed by atoms with E-state index in [2.05, 4.69) is 0 Å². The molecule has 2 aliphatic heterocycles. The number of carbonyl (C=O) groups is 1. The summed E-state index contributed by atoms with van der Waals surface area (Å²) in [5, 5.41) is 0. The van der Waals surface area contributed by atoms with E-state index in [0.717, 1.165) is 34.5 Å². The van der Waals surface area contributed by atoms with Crippen LogP contribution in [-0.2, 0) is 26.6 Å². The maximum atomic E-state index is 13.4. The molecule has 26 heavy (non-hydrogen) atoms. The number of para-hydroxylation sites is 1. The normalized spacial score (nSPS) is 18.2. The standard InChI is InChI=1S/C21H23NO4/c1-3-24-19-8-5-4-7-16(19)14-22-18-10-9-15(2)13-17(18)21(20(22)23)25-11-6-12-26-21/h4-5,7-10,13H,3,6,11-12,14H2,1-2H3. The minimum Gasteiger partial charge on any atom is -0.494 e. The zero-order chi connectivity index (χ0) is 18.1. The van der Waals surface area contributed by atoms with Gasteiger partial charge < -0.3 is 19.1 Å². The molecule has 4 rings (SSSR count).